The normalized spacial score (nSPS) is 10.6. The molecule has 1 aromatic heterocycles. The standard InChI is InChI=1S/C18H15ClN2O/c1-2-21(18(22)14-10-11-20-17(19)12-14)16-9-5-7-13-6-3-4-8-15(13)16/h3-12H,2H2,1H3. The molecule has 2 aromatic carbocycles. The number of amides is 1. The smallest absolute Gasteiger partial charge is 0.258 e. The summed E-state index contributed by atoms with van der Waals surface area (Å²) in [5.41, 5.74) is 1.44. The highest BCUT2D eigenvalue weighted by molar-refractivity contribution is 6.29. The van der Waals surface area contributed by atoms with Crippen LogP contribution in [0.4, 0.5) is 5.69 Å². The van der Waals surface area contributed by atoms with Gasteiger partial charge in [0.25, 0.3) is 5.91 Å². The van der Waals surface area contributed by atoms with Crippen LogP contribution >= 0.6 is 11.6 Å². The number of pyridine rings is 1. The van der Waals surface area contributed by atoms with Crippen molar-refractivity contribution in [2.45, 2.75) is 6.92 Å². The third-order valence-corrected chi connectivity index (χ3v) is 3.80. The molecule has 3 nitrogen and oxygen atoms in total. The Morgan fingerprint density at radius 3 is 2.68 bits per heavy atom. The Bertz CT molecular complexity index is 827. The molecule has 110 valence electrons. The van der Waals surface area contributed by atoms with Crippen LogP contribution in [0.2, 0.25) is 5.15 Å². The van der Waals surface area contributed by atoms with Crippen molar-refractivity contribution >= 4 is 34.0 Å². The summed E-state index contributed by atoms with van der Waals surface area (Å²) >= 11 is 5.90. The molecule has 4 heteroatoms. The number of rotatable bonds is 3. The van der Waals surface area contributed by atoms with Crippen LogP contribution in [0, 0.1) is 0 Å². The maximum atomic E-state index is 12.8. The molecule has 0 aliphatic carbocycles. The van der Waals surface area contributed by atoms with Gasteiger partial charge in [0.05, 0.1) is 5.69 Å². The maximum absolute atomic E-state index is 12.8. The Balaban J connectivity index is 2.08. The van der Waals surface area contributed by atoms with Crippen LogP contribution in [-0.4, -0.2) is 17.4 Å². The molecular formula is C18H15ClN2O. The van der Waals surface area contributed by atoms with Crippen LogP contribution in [0.15, 0.2) is 60.8 Å². The van der Waals surface area contributed by atoms with E-state index in [4.69, 9.17) is 11.6 Å². The Hall–Kier alpha value is -2.39. The van der Waals surface area contributed by atoms with Crippen LogP contribution in [0.5, 0.6) is 0 Å². The molecule has 0 N–H and O–H groups in total. The van der Waals surface area contributed by atoms with Crippen molar-refractivity contribution in [3.05, 3.63) is 71.5 Å². The van der Waals surface area contributed by atoms with Gasteiger partial charge in [0.15, 0.2) is 0 Å². The van der Waals surface area contributed by atoms with Gasteiger partial charge in [-0.25, -0.2) is 4.98 Å². The van der Waals surface area contributed by atoms with Gasteiger partial charge in [0.1, 0.15) is 5.15 Å². The van der Waals surface area contributed by atoms with Crippen LogP contribution < -0.4 is 4.90 Å². The number of anilines is 1. The summed E-state index contributed by atoms with van der Waals surface area (Å²) < 4.78 is 0. The van der Waals surface area contributed by atoms with Crippen molar-refractivity contribution in [2.24, 2.45) is 0 Å². The van der Waals surface area contributed by atoms with Crippen molar-refractivity contribution in [3.63, 3.8) is 0 Å². The first-order valence-corrected chi connectivity index (χ1v) is 7.49. The molecule has 0 aliphatic rings. The average molecular weight is 311 g/mol. The van der Waals surface area contributed by atoms with Crippen molar-refractivity contribution in [3.8, 4) is 0 Å². The fourth-order valence-electron chi connectivity index (χ4n) is 2.56. The summed E-state index contributed by atoms with van der Waals surface area (Å²) in [6, 6.07) is 17.3. The van der Waals surface area contributed by atoms with Gasteiger partial charge < -0.3 is 4.90 Å². The highest BCUT2D eigenvalue weighted by Gasteiger charge is 2.18. The van der Waals surface area contributed by atoms with E-state index in [-0.39, 0.29) is 5.91 Å². The molecule has 1 heterocycles. The minimum Gasteiger partial charge on any atom is -0.308 e. The van der Waals surface area contributed by atoms with Gasteiger partial charge in [-0.05, 0) is 30.5 Å². The van der Waals surface area contributed by atoms with Gasteiger partial charge in [-0.15, -0.1) is 0 Å². The van der Waals surface area contributed by atoms with E-state index in [2.05, 4.69) is 4.98 Å². The topological polar surface area (TPSA) is 33.2 Å². The molecule has 0 atom stereocenters. The molecule has 1 amide bonds. The summed E-state index contributed by atoms with van der Waals surface area (Å²) in [6.45, 7) is 2.54. The fourth-order valence-corrected chi connectivity index (χ4v) is 2.73. The number of halogens is 1. The second kappa shape index (κ2) is 6.16. The summed E-state index contributed by atoms with van der Waals surface area (Å²) in [7, 11) is 0. The zero-order chi connectivity index (χ0) is 15.5. The number of carbonyl (C=O) groups is 1. The maximum Gasteiger partial charge on any atom is 0.258 e. The predicted octanol–water partition coefficient (Wildman–Crippen LogP) is 4.55. The Labute approximate surface area is 134 Å². The minimum absolute atomic E-state index is 0.0804. The van der Waals surface area contributed by atoms with E-state index in [1.807, 2.05) is 49.4 Å². The van der Waals surface area contributed by atoms with E-state index in [9.17, 15) is 4.79 Å². The molecule has 0 bridgehead atoms. The molecule has 0 saturated heterocycles. The van der Waals surface area contributed by atoms with Crippen molar-refractivity contribution in [2.75, 3.05) is 11.4 Å². The molecular weight excluding hydrogens is 296 g/mol. The lowest BCUT2D eigenvalue weighted by atomic mass is 10.1. The van der Waals surface area contributed by atoms with E-state index in [0.29, 0.717) is 17.3 Å². The van der Waals surface area contributed by atoms with Crippen LogP contribution in [0.25, 0.3) is 10.8 Å². The Kier molecular flexibility index (Phi) is 4.07. The van der Waals surface area contributed by atoms with Crippen molar-refractivity contribution in [1.29, 1.82) is 0 Å². The average Bonchev–Trinajstić information content (AvgIpc) is 2.55. The highest BCUT2D eigenvalue weighted by atomic mass is 35.5. The zero-order valence-corrected chi connectivity index (χ0v) is 12.9. The van der Waals surface area contributed by atoms with Crippen LogP contribution in [0.1, 0.15) is 17.3 Å². The van der Waals surface area contributed by atoms with Crippen LogP contribution in [0.3, 0.4) is 0 Å². The van der Waals surface area contributed by atoms with E-state index >= 15 is 0 Å². The summed E-state index contributed by atoms with van der Waals surface area (Å²) in [5, 5.41) is 2.49. The van der Waals surface area contributed by atoms with Crippen molar-refractivity contribution < 1.29 is 4.79 Å². The lowest BCUT2D eigenvalue weighted by molar-refractivity contribution is 0.0988. The quantitative estimate of drug-likeness (QED) is 0.665. The Morgan fingerprint density at radius 2 is 1.91 bits per heavy atom. The lowest BCUT2D eigenvalue weighted by Crippen LogP contribution is -2.30. The summed E-state index contributed by atoms with van der Waals surface area (Å²) in [4.78, 5) is 18.5. The van der Waals surface area contributed by atoms with Gasteiger partial charge >= 0.3 is 0 Å². The highest BCUT2D eigenvalue weighted by Crippen LogP contribution is 2.28. The van der Waals surface area contributed by atoms with Crippen molar-refractivity contribution in [1.82, 2.24) is 4.98 Å². The molecule has 3 rings (SSSR count). The van der Waals surface area contributed by atoms with Crippen LogP contribution in [-0.2, 0) is 0 Å². The van der Waals surface area contributed by atoms with E-state index in [1.54, 1.807) is 23.2 Å². The minimum atomic E-state index is -0.0804. The lowest BCUT2D eigenvalue weighted by Gasteiger charge is -2.23. The molecule has 0 unspecified atom stereocenters. The predicted molar refractivity (Wildman–Crippen MR) is 90.5 cm³/mol. The first-order chi connectivity index (χ1) is 10.7. The van der Waals surface area contributed by atoms with Gasteiger partial charge in [0, 0.05) is 23.7 Å². The molecule has 0 radical (unpaired) electrons. The van der Waals surface area contributed by atoms with Gasteiger partial charge in [-0.1, -0.05) is 48.0 Å². The second-order valence-electron chi connectivity index (χ2n) is 4.91. The van der Waals surface area contributed by atoms with E-state index in [0.717, 1.165) is 16.5 Å². The number of hydrogen-bond donors (Lipinski definition) is 0. The molecule has 3 aromatic rings. The number of hydrogen-bond acceptors (Lipinski definition) is 2. The monoisotopic (exact) mass is 310 g/mol. The number of nitrogens with zero attached hydrogens (tertiary/aromatic N) is 2. The molecule has 0 aliphatic heterocycles. The number of fused-ring (bicyclic) bond motifs is 1. The van der Waals surface area contributed by atoms with E-state index < -0.39 is 0 Å². The van der Waals surface area contributed by atoms with E-state index in [1.165, 1.54) is 0 Å². The molecule has 0 fully saturated rings. The third kappa shape index (κ3) is 2.68. The molecule has 0 saturated carbocycles. The second-order valence-corrected chi connectivity index (χ2v) is 5.30. The zero-order valence-electron chi connectivity index (χ0n) is 12.2. The number of aromatic nitrogens is 1. The number of carbonyl (C=O) groups excluding carboxylic acids is 1. The van der Waals surface area contributed by atoms with Gasteiger partial charge in [-0.2, -0.15) is 0 Å². The fraction of sp³-hybridized carbons (Fsp3) is 0.111. The number of benzene rings is 2. The van der Waals surface area contributed by atoms with Gasteiger partial charge in [-0.3, -0.25) is 4.79 Å². The Morgan fingerprint density at radius 1 is 1.14 bits per heavy atom. The molecule has 22 heavy (non-hydrogen) atoms. The first kappa shape index (κ1) is 14.5. The summed E-state index contributed by atoms with van der Waals surface area (Å²) in [6.07, 6.45) is 1.55. The largest absolute Gasteiger partial charge is 0.308 e. The first-order valence-electron chi connectivity index (χ1n) is 7.12. The third-order valence-electron chi connectivity index (χ3n) is 3.59. The molecule has 0 spiro atoms. The van der Waals surface area contributed by atoms with Gasteiger partial charge in [0.2, 0.25) is 0 Å². The summed E-state index contributed by atoms with van der Waals surface area (Å²) in [5.74, 6) is -0.0804. The SMILES string of the molecule is CCN(C(=O)c1ccnc(Cl)c1)c1cccc2ccccc12.